The lowest BCUT2D eigenvalue weighted by atomic mass is 9.99. The van der Waals surface area contributed by atoms with Crippen LogP contribution in [0.4, 0.5) is 26.3 Å². The number of nitrogens with one attached hydrogen (secondary N) is 1. The van der Waals surface area contributed by atoms with E-state index in [-0.39, 0.29) is 12.0 Å². The Hall–Kier alpha value is -4.80. The zero-order chi connectivity index (χ0) is 29.9. The smallest absolute Gasteiger partial charge is 0.416 e. The zero-order valence-electron chi connectivity index (χ0n) is 20.9. The molecule has 3 N–H and O–H groups in total. The Morgan fingerprint density at radius 3 is 1.51 bits per heavy atom. The molecule has 0 heterocycles. The number of alkyl halides is 6. The number of carbonyl (C=O) groups excluding carboxylic acids is 1. The van der Waals surface area contributed by atoms with Crippen LogP contribution in [0.25, 0.3) is 22.3 Å². The molecular weight excluding hydrogens is 552 g/mol. The molecule has 0 aliphatic rings. The van der Waals surface area contributed by atoms with Crippen molar-refractivity contribution < 1.29 is 46.1 Å². The van der Waals surface area contributed by atoms with Crippen LogP contribution < -0.4 is 5.32 Å². The SMILES string of the molecule is O=C(NC(Cc1ccc(-c2ccc(C(F)(F)F)cc2)cc1)C(=O)O)c1cc(-c2ccc(C(F)(F)F)cc2)ccc1O. The summed E-state index contributed by atoms with van der Waals surface area (Å²) in [5.74, 6) is -2.73. The minimum Gasteiger partial charge on any atom is -0.507 e. The number of halogens is 6. The highest BCUT2D eigenvalue weighted by atomic mass is 19.4. The van der Waals surface area contributed by atoms with Crippen LogP contribution in [-0.2, 0) is 23.6 Å². The van der Waals surface area contributed by atoms with Gasteiger partial charge in [-0.05, 0) is 64.2 Å². The van der Waals surface area contributed by atoms with Gasteiger partial charge in [0.1, 0.15) is 11.8 Å². The number of carbonyl (C=O) groups is 2. The average molecular weight is 573 g/mol. The predicted molar refractivity (Wildman–Crippen MR) is 138 cm³/mol. The summed E-state index contributed by atoms with van der Waals surface area (Å²) in [6.45, 7) is 0. The van der Waals surface area contributed by atoms with E-state index in [2.05, 4.69) is 5.32 Å². The number of aromatic hydroxyl groups is 1. The summed E-state index contributed by atoms with van der Waals surface area (Å²) in [4.78, 5) is 24.8. The average Bonchev–Trinajstić information content (AvgIpc) is 2.92. The fraction of sp³-hybridized carbons (Fsp3) is 0.133. The standard InChI is InChI=1S/C30H21F6NO4/c31-29(32,33)22-10-5-19(6-11-22)18-3-1-17(2-4-18)15-25(28(40)41)37-27(39)24-16-21(9-14-26(24)38)20-7-12-23(13-8-20)30(34,35)36/h1-14,16,25,38H,15H2,(H,37,39)(H,40,41). The second kappa shape index (κ2) is 11.4. The van der Waals surface area contributed by atoms with E-state index in [0.29, 0.717) is 27.8 Å². The van der Waals surface area contributed by atoms with Crippen molar-refractivity contribution in [3.63, 3.8) is 0 Å². The second-order valence-corrected chi connectivity index (χ2v) is 9.15. The molecule has 1 atom stereocenters. The van der Waals surface area contributed by atoms with Crippen molar-refractivity contribution in [2.75, 3.05) is 0 Å². The quantitative estimate of drug-likeness (QED) is 0.204. The second-order valence-electron chi connectivity index (χ2n) is 9.15. The Balaban J connectivity index is 1.48. The van der Waals surface area contributed by atoms with Crippen molar-refractivity contribution in [1.82, 2.24) is 5.32 Å². The summed E-state index contributed by atoms with van der Waals surface area (Å²) < 4.78 is 77.0. The highest BCUT2D eigenvalue weighted by molar-refractivity contribution is 6.00. The molecule has 5 nitrogen and oxygen atoms in total. The molecule has 0 saturated heterocycles. The number of phenolic OH excluding ortho intramolecular Hbond substituents is 1. The molecule has 4 aromatic rings. The highest BCUT2D eigenvalue weighted by Crippen LogP contribution is 2.33. The van der Waals surface area contributed by atoms with Crippen molar-refractivity contribution in [2.24, 2.45) is 0 Å². The first-order valence-electron chi connectivity index (χ1n) is 12.0. The Bertz CT molecular complexity index is 1540. The molecule has 41 heavy (non-hydrogen) atoms. The molecule has 0 saturated carbocycles. The molecule has 1 amide bonds. The van der Waals surface area contributed by atoms with Crippen molar-refractivity contribution in [2.45, 2.75) is 24.8 Å². The molecule has 0 aromatic heterocycles. The molecule has 11 heteroatoms. The van der Waals surface area contributed by atoms with Crippen molar-refractivity contribution in [3.05, 3.63) is 113 Å². The van der Waals surface area contributed by atoms with E-state index in [4.69, 9.17) is 0 Å². The maximum atomic E-state index is 12.9. The van der Waals surface area contributed by atoms with Crippen LogP contribution in [0.5, 0.6) is 5.75 Å². The Kier molecular flexibility index (Phi) is 8.09. The van der Waals surface area contributed by atoms with Crippen LogP contribution in [0, 0.1) is 0 Å². The van der Waals surface area contributed by atoms with Gasteiger partial charge in [-0.3, -0.25) is 4.79 Å². The van der Waals surface area contributed by atoms with Crippen LogP contribution in [0.3, 0.4) is 0 Å². The summed E-state index contributed by atoms with van der Waals surface area (Å²) in [6.07, 6.45) is -9.13. The van der Waals surface area contributed by atoms with Crippen molar-refractivity contribution >= 4 is 11.9 Å². The fourth-order valence-corrected chi connectivity index (χ4v) is 4.11. The largest absolute Gasteiger partial charge is 0.507 e. The molecule has 0 radical (unpaired) electrons. The Morgan fingerprint density at radius 1 is 0.659 bits per heavy atom. The van der Waals surface area contributed by atoms with Gasteiger partial charge in [0.05, 0.1) is 16.7 Å². The minimum atomic E-state index is -4.52. The zero-order valence-corrected chi connectivity index (χ0v) is 20.9. The van der Waals surface area contributed by atoms with Gasteiger partial charge >= 0.3 is 18.3 Å². The first-order valence-corrected chi connectivity index (χ1v) is 12.0. The summed E-state index contributed by atoms with van der Waals surface area (Å²) in [7, 11) is 0. The molecule has 0 bridgehead atoms. The summed E-state index contributed by atoms with van der Waals surface area (Å²) in [6, 6.07) is 17.5. The maximum Gasteiger partial charge on any atom is 0.416 e. The summed E-state index contributed by atoms with van der Waals surface area (Å²) in [5, 5.41) is 22.3. The van der Waals surface area contributed by atoms with Gasteiger partial charge in [-0.15, -0.1) is 0 Å². The number of hydrogen-bond acceptors (Lipinski definition) is 3. The first kappa shape index (κ1) is 29.2. The molecule has 0 aliphatic heterocycles. The van der Waals surface area contributed by atoms with E-state index in [9.17, 15) is 46.1 Å². The molecule has 4 rings (SSSR count). The van der Waals surface area contributed by atoms with Crippen LogP contribution in [0.1, 0.15) is 27.0 Å². The van der Waals surface area contributed by atoms with E-state index in [1.807, 2.05) is 0 Å². The number of benzene rings is 4. The third-order valence-corrected chi connectivity index (χ3v) is 6.33. The van der Waals surface area contributed by atoms with E-state index >= 15 is 0 Å². The molecule has 0 fully saturated rings. The van der Waals surface area contributed by atoms with Gasteiger partial charge in [0.25, 0.3) is 5.91 Å². The predicted octanol–water partition coefficient (Wildman–Crippen LogP) is 7.19. The first-order chi connectivity index (χ1) is 19.2. The van der Waals surface area contributed by atoms with Crippen molar-refractivity contribution in [1.29, 1.82) is 0 Å². The monoisotopic (exact) mass is 573 g/mol. The Morgan fingerprint density at radius 2 is 1.07 bits per heavy atom. The molecule has 212 valence electrons. The number of carboxylic acids is 1. The fourth-order valence-electron chi connectivity index (χ4n) is 4.11. The minimum absolute atomic E-state index is 0.145. The topological polar surface area (TPSA) is 86.6 Å². The van der Waals surface area contributed by atoms with Crippen LogP contribution >= 0.6 is 0 Å². The summed E-state index contributed by atoms with van der Waals surface area (Å²) in [5.41, 5.74) is 0.396. The number of amides is 1. The summed E-state index contributed by atoms with van der Waals surface area (Å²) >= 11 is 0. The number of hydrogen-bond donors (Lipinski definition) is 3. The normalized spacial score (nSPS) is 12.5. The van der Waals surface area contributed by atoms with E-state index < -0.39 is 47.1 Å². The van der Waals surface area contributed by atoms with Gasteiger partial charge in [0.15, 0.2) is 0 Å². The third-order valence-electron chi connectivity index (χ3n) is 6.33. The van der Waals surface area contributed by atoms with Gasteiger partial charge in [0, 0.05) is 6.42 Å². The third kappa shape index (κ3) is 7.05. The van der Waals surface area contributed by atoms with Gasteiger partial charge in [0.2, 0.25) is 0 Å². The van der Waals surface area contributed by atoms with Gasteiger partial charge < -0.3 is 15.5 Å². The van der Waals surface area contributed by atoms with E-state index in [0.717, 1.165) is 24.3 Å². The number of rotatable bonds is 7. The van der Waals surface area contributed by atoms with Gasteiger partial charge in [-0.1, -0.05) is 54.6 Å². The lowest BCUT2D eigenvalue weighted by Crippen LogP contribution is -2.42. The molecule has 0 aliphatic carbocycles. The van der Waals surface area contributed by atoms with Crippen LogP contribution in [-0.4, -0.2) is 28.1 Å². The van der Waals surface area contributed by atoms with Crippen LogP contribution in [0.2, 0.25) is 0 Å². The van der Waals surface area contributed by atoms with Crippen molar-refractivity contribution in [3.8, 4) is 28.0 Å². The lowest BCUT2D eigenvalue weighted by Gasteiger charge is -2.16. The van der Waals surface area contributed by atoms with Crippen LogP contribution in [0.15, 0.2) is 91.0 Å². The molecule has 4 aromatic carbocycles. The number of aliphatic carboxylic acids is 1. The van der Waals surface area contributed by atoms with Gasteiger partial charge in [-0.2, -0.15) is 26.3 Å². The Labute approximate surface area is 229 Å². The maximum absolute atomic E-state index is 12.9. The molecular formula is C30H21F6NO4. The van der Waals surface area contributed by atoms with E-state index in [1.165, 1.54) is 42.5 Å². The van der Waals surface area contributed by atoms with Gasteiger partial charge in [-0.25, -0.2) is 4.79 Å². The van der Waals surface area contributed by atoms with E-state index in [1.54, 1.807) is 24.3 Å². The number of carboxylic acid groups (broad SMARTS) is 1. The molecule has 1 unspecified atom stereocenters. The lowest BCUT2D eigenvalue weighted by molar-refractivity contribution is -0.139. The number of phenols is 1. The molecule has 0 spiro atoms. The highest BCUT2D eigenvalue weighted by Gasteiger charge is 2.31.